The molecule has 0 saturated carbocycles. The average Bonchev–Trinajstić information content (AvgIpc) is 2.56. The zero-order valence-electron chi connectivity index (χ0n) is 10.5. The van der Waals surface area contributed by atoms with E-state index >= 15 is 0 Å². The van der Waals surface area contributed by atoms with Gasteiger partial charge in [0.15, 0.2) is 5.13 Å². The molecule has 108 valence electrons. The molecule has 0 unspecified atom stereocenters. The van der Waals surface area contributed by atoms with Crippen LogP contribution in [0.4, 0.5) is 5.13 Å². The lowest BCUT2D eigenvalue weighted by atomic mass is 10.2. The van der Waals surface area contributed by atoms with Gasteiger partial charge >= 0.3 is 6.80 Å². The van der Waals surface area contributed by atoms with Gasteiger partial charge in [-0.1, -0.05) is 0 Å². The van der Waals surface area contributed by atoms with Crippen LogP contribution in [0.5, 0.6) is 0 Å². The van der Waals surface area contributed by atoms with Crippen molar-refractivity contribution in [3.05, 3.63) is 10.6 Å². The normalized spacial score (nSPS) is 17.2. The molecule has 6 nitrogen and oxygen atoms in total. The summed E-state index contributed by atoms with van der Waals surface area (Å²) >= 11 is 2.30. The number of hydrogen-bond donors (Lipinski definition) is 3. The molecule has 0 aliphatic carbocycles. The molecule has 0 radical (unpaired) electrons. The van der Waals surface area contributed by atoms with Crippen LogP contribution in [-0.2, 0) is 17.4 Å². The van der Waals surface area contributed by atoms with E-state index in [1.54, 1.807) is 11.3 Å². The molecule has 4 N–H and O–H groups in total. The quantitative estimate of drug-likeness (QED) is 0.555. The van der Waals surface area contributed by atoms with Gasteiger partial charge in [-0.3, -0.25) is 0 Å². The topological polar surface area (TPSA) is 99.7 Å². The van der Waals surface area contributed by atoms with Crippen LogP contribution in [0.2, 0.25) is 0 Å². The summed E-state index contributed by atoms with van der Waals surface area (Å²) in [5.41, 5.74) is 6.82. The second-order valence-corrected chi connectivity index (χ2v) is 9.41. The van der Waals surface area contributed by atoms with Crippen LogP contribution in [0.25, 0.3) is 0 Å². The Bertz CT molecular complexity index is 451. The van der Waals surface area contributed by atoms with E-state index in [0.717, 1.165) is 56.0 Å². The molecule has 0 atom stereocenters. The zero-order valence-corrected chi connectivity index (χ0v) is 13.0. The van der Waals surface area contributed by atoms with Crippen LogP contribution < -0.4 is 5.73 Å². The lowest BCUT2D eigenvalue weighted by Crippen LogP contribution is -2.28. The number of hydrogen-bond acceptors (Lipinski definition) is 6. The molecule has 9 heteroatoms. The molecule has 2 heterocycles. The number of thiazole rings is 1. The van der Waals surface area contributed by atoms with E-state index < -0.39 is 6.80 Å². The molecule has 0 fully saturated rings. The maximum absolute atomic E-state index is 10.7. The van der Waals surface area contributed by atoms with Crippen molar-refractivity contribution >= 4 is 34.6 Å². The van der Waals surface area contributed by atoms with Crippen molar-refractivity contribution in [2.45, 2.75) is 19.3 Å². The van der Waals surface area contributed by atoms with Crippen LogP contribution in [0.3, 0.4) is 0 Å². The third-order valence-corrected chi connectivity index (χ3v) is 6.34. The molecule has 1 aliphatic rings. The van der Waals surface area contributed by atoms with Crippen LogP contribution in [0, 0.1) is 0 Å². The molecule has 1 aromatic rings. The van der Waals surface area contributed by atoms with E-state index in [0.29, 0.717) is 10.9 Å². The Hall–Kier alpha value is -0.110. The fourth-order valence-corrected chi connectivity index (χ4v) is 4.59. The molecule has 19 heavy (non-hydrogen) atoms. The van der Waals surface area contributed by atoms with Gasteiger partial charge in [0.1, 0.15) is 0 Å². The highest BCUT2D eigenvalue weighted by Crippen LogP contribution is 2.50. The van der Waals surface area contributed by atoms with E-state index in [1.165, 1.54) is 4.88 Å². The first kappa shape index (κ1) is 15.3. The van der Waals surface area contributed by atoms with Crippen molar-refractivity contribution in [2.75, 3.05) is 31.1 Å². The highest BCUT2D eigenvalue weighted by atomic mass is 32.7. The lowest BCUT2D eigenvalue weighted by molar-refractivity contribution is 0.289. The average molecular weight is 323 g/mol. The summed E-state index contributed by atoms with van der Waals surface area (Å²) in [6.07, 6.45) is 2.67. The Kier molecular flexibility index (Phi) is 5.28. The minimum absolute atomic E-state index is 0.494. The van der Waals surface area contributed by atoms with Crippen molar-refractivity contribution < 1.29 is 14.4 Å². The van der Waals surface area contributed by atoms with E-state index in [2.05, 4.69) is 9.88 Å². The molecular formula is C10H18N3O3PS2. The first-order valence-electron chi connectivity index (χ1n) is 6.10. The van der Waals surface area contributed by atoms with Crippen molar-refractivity contribution in [2.24, 2.45) is 0 Å². The molecule has 0 bridgehead atoms. The summed E-state index contributed by atoms with van der Waals surface area (Å²) in [6.45, 7) is -1.13. The third-order valence-electron chi connectivity index (χ3n) is 2.99. The first-order chi connectivity index (χ1) is 8.94. The summed E-state index contributed by atoms with van der Waals surface area (Å²) in [5.74, 6) is 0.494. The highest BCUT2D eigenvalue weighted by Gasteiger charge is 2.18. The van der Waals surface area contributed by atoms with Gasteiger partial charge in [0.2, 0.25) is 0 Å². The molecule has 2 rings (SSSR count). The van der Waals surface area contributed by atoms with Crippen molar-refractivity contribution in [3.63, 3.8) is 0 Å². The van der Waals surface area contributed by atoms with Gasteiger partial charge in [-0.15, -0.1) is 11.3 Å². The van der Waals surface area contributed by atoms with E-state index in [9.17, 15) is 4.57 Å². The van der Waals surface area contributed by atoms with Crippen LogP contribution in [0.15, 0.2) is 0 Å². The van der Waals surface area contributed by atoms with E-state index in [4.69, 9.17) is 15.5 Å². The van der Waals surface area contributed by atoms with Gasteiger partial charge in [-0.2, -0.15) is 0 Å². The number of nitrogens with two attached hydrogens (primary N) is 1. The van der Waals surface area contributed by atoms with Crippen LogP contribution >= 0.6 is 29.5 Å². The molecule has 0 spiro atoms. The Morgan fingerprint density at radius 1 is 1.42 bits per heavy atom. The summed E-state index contributed by atoms with van der Waals surface area (Å²) in [7, 11) is 0. The Morgan fingerprint density at radius 2 is 2.16 bits per heavy atom. The van der Waals surface area contributed by atoms with Crippen molar-refractivity contribution in [1.29, 1.82) is 0 Å². The first-order valence-corrected chi connectivity index (χ1v) is 10.1. The summed E-state index contributed by atoms with van der Waals surface area (Å²) in [4.78, 5) is 25.5. The van der Waals surface area contributed by atoms with E-state index in [-0.39, 0.29) is 0 Å². The number of nitrogen functional groups attached to an aromatic ring is 1. The zero-order chi connectivity index (χ0) is 13.9. The predicted octanol–water partition coefficient (Wildman–Crippen LogP) is 1.34. The fraction of sp³-hybridized carbons (Fsp3) is 0.700. The van der Waals surface area contributed by atoms with Crippen LogP contribution in [-0.4, -0.2) is 45.1 Å². The Morgan fingerprint density at radius 3 is 2.89 bits per heavy atom. The van der Waals surface area contributed by atoms with Gasteiger partial charge in [-0.25, -0.2) is 9.55 Å². The van der Waals surface area contributed by atoms with Crippen molar-refractivity contribution in [3.8, 4) is 0 Å². The summed E-state index contributed by atoms with van der Waals surface area (Å²) in [5, 5.41) is 0.650. The number of aromatic nitrogens is 1. The summed E-state index contributed by atoms with van der Waals surface area (Å²) < 4.78 is 10.7. The van der Waals surface area contributed by atoms with Gasteiger partial charge in [0.25, 0.3) is 0 Å². The van der Waals surface area contributed by atoms with Gasteiger partial charge in [0.05, 0.1) is 5.69 Å². The number of anilines is 1. The molecule has 1 aromatic heterocycles. The number of fused-ring (bicyclic) bond motifs is 1. The second kappa shape index (κ2) is 6.56. The molecule has 0 aromatic carbocycles. The standard InChI is InChI=1S/C10H18N3O3PS2/c11-10-12-8-2-5-13(6-3-9(8)19-10)4-1-7-18-17(14,15)16/h1-7H2,(H2,11,12)(H2,14,15,16). The molecule has 0 saturated heterocycles. The second-order valence-electron chi connectivity index (χ2n) is 4.44. The van der Waals surface area contributed by atoms with Crippen molar-refractivity contribution in [1.82, 2.24) is 9.88 Å². The maximum atomic E-state index is 10.7. The SMILES string of the molecule is Nc1nc2c(s1)CCN(CCCSP(=O)(O)O)CC2. The van der Waals surface area contributed by atoms with Gasteiger partial charge in [-0.05, 0) is 30.8 Å². The Labute approximate surface area is 120 Å². The largest absolute Gasteiger partial charge is 0.383 e. The molecule has 0 amide bonds. The van der Waals surface area contributed by atoms with E-state index in [1.807, 2.05) is 0 Å². The fourth-order valence-electron chi connectivity index (χ4n) is 2.12. The van der Waals surface area contributed by atoms with Gasteiger partial charge in [0, 0.05) is 30.1 Å². The minimum atomic E-state index is -3.91. The van der Waals surface area contributed by atoms with Gasteiger partial charge < -0.3 is 20.4 Å². The molecule has 1 aliphatic heterocycles. The summed E-state index contributed by atoms with van der Waals surface area (Å²) in [6, 6.07) is 0. The lowest BCUT2D eigenvalue weighted by Gasteiger charge is -2.19. The number of rotatable bonds is 5. The predicted molar refractivity (Wildman–Crippen MR) is 79.5 cm³/mol. The maximum Gasteiger partial charge on any atom is 0.383 e. The van der Waals surface area contributed by atoms with Crippen LogP contribution in [0.1, 0.15) is 17.0 Å². The monoisotopic (exact) mass is 323 g/mol. The minimum Gasteiger partial charge on any atom is -0.375 e. The smallest absolute Gasteiger partial charge is 0.375 e. The Balaban J connectivity index is 1.73. The molecular weight excluding hydrogens is 305 g/mol. The number of nitrogens with zero attached hydrogens (tertiary/aromatic N) is 2. The highest BCUT2D eigenvalue weighted by molar-refractivity contribution is 8.54. The third kappa shape index (κ3) is 5.06.